The van der Waals surface area contributed by atoms with Gasteiger partial charge in [0, 0.05) is 28.8 Å². The van der Waals surface area contributed by atoms with Crippen LogP contribution < -0.4 is 0 Å². The second-order valence-corrected chi connectivity index (χ2v) is 5.68. The fraction of sp³-hybridized carbons (Fsp3) is 0.308. The van der Waals surface area contributed by atoms with Crippen LogP contribution in [0.2, 0.25) is 0 Å². The highest BCUT2D eigenvalue weighted by Gasteiger charge is 2.15. The molecule has 0 N–H and O–H groups in total. The summed E-state index contributed by atoms with van der Waals surface area (Å²) in [5, 5.41) is 11.6. The highest BCUT2D eigenvalue weighted by atomic mass is 35.5. The molecule has 2 rings (SSSR count). The SMILES string of the molecule is CC(CCl)CSc1ccc([N+](=O)[O-])c2cccnc12. The van der Waals surface area contributed by atoms with Gasteiger partial charge in [-0.3, -0.25) is 15.1 Å². The van der Waals surface area contributed by atoms with Crippen LogP contribution in [0.1, 0.15) is 6.92 Å². The van der Waals surface area contributed by atoms with Crippen molar-refractivity contribution in [1.82, 2.24) is 4.98 Å². The van der Waals surface area contributed by atoms with E-state index in [-0.39, 0.29) is 10.6 Å². The van der Waals surface area contributed by atoms with E-state index in [1.54, 1.807) is 36.2 Å². The van der Waals surface area contributed by atoms with E-state index >= 15 is 0 Å². The number of alkyl halides is 1. The van der Waals surface area contributed by atoms with E-state index in [4.69, 9.17) is 11.6 Å². The summed E-state index contributed by atoms with van der Waals surface area (Å²) in [6.45, 7) is 2.07. The molecule has 1 heterocycles. The molecule has 0 fully saturated rings. The Morgan fingerprint density at radius 3 is 2.95 bits per heavy atom. The summed E-state index contributed by atoms with van der Waals surface area (Å²) in [4.78, 5) is 15.8. The number of hydrogen-bond acceptors (Lipinski definition) is 4. The second-order valence-electron chi connectivity index (χ2n) is 4.31. The minimum absolute atomic E-state index is 0.0952. The van der Waals surface area contributed by atoms with E-state index in [1.807, 2.05) is 0 Å². The van der Waals surface area contributed by atoms with Crippen molar-refractivity contribution in [3.05, 3.63) is 40.6 Å². The van der Waals surface area contributed by atoms with Crippen LogP contribution >= 0.6 is 23.4 Å². The molecular weight excluding hydrogens is 284 g/mol. The van der Waals surface area contributed by atoms with Gasteiger partial charge in [-0.25, -0.2) is 0 Å². The van der Waals surface area contributed by atoms with E-state index in [0.717, 1.165) is 10.6 Å². The number of aromatic nitrogens is 1. The van der Waals surface area contributed by atoms with E-state index in [9.17, 15) is 10.1 Å². The number of nitrogens with zero attached hydrogens (tertiary/aromatic N) is 2. The lowest BCUT2D eigenvalue weighted by Gasteiger charge is -2.09. The number of thioether (sulfide) groups is 1. The molecule has 4 nitrogen and oxygen atoms in total. The van der Waals surface area contributed by atoms with Gasteiger partial charge in [0.1, 0.15) is 0 Å². The Kier molecular flexibility index (Phi) is 4.61. The number of fused-ring (bicyclic) bond motifs is 1. The van der Waals surface area contributed by atoms with Crippen molar-refractivity contribution in [2.24, 2.45) is 5.92 Å². The molecule has 0 saturated carbocycles. The minimum Gasteiger partial charge on any atom is -0.258 e. The van der Waals surface area contributed by atoms with E-state index in [0.29, 0.717) is 22.7 Å². The first-order valence-corrected chi connectivity index (χ1v) is 7.36. The van der Waals surface area contributed by atoms with Crippen molar-refractivity contribution in [1.29, 1.82) is 0 Å². The van der Waals surface area contributed by atoms with Gasteiger partial charge in [0.15, 0.2) is 0 Å². The Balaban J connectivity index is 2.41. The molecule has 19 heavy (non-hydrogen) atoms. The number of benzene rings is 1. The predicted molar refractivity (Wildman–Crippen MR) is 79.0 cm³/mol. The molecule has 1 aromatic heterocycles. The summed E-state index contributed by atoms with van der Waals surface area (Å²) in [6.07, 6.45) is 1.65. The molecule has 0 aliphatic heterocycles. The normalized spacial score (nSPS) is 12.5. The third kappa shape index (κ3) is 3.16. The number of non-ortho nitro benzene ring substituents is 1. The molecule has 100 valence electrons. The van der Waals surface area contributed by atoms with Crippen molar-refractivity contribution in [3.63, 3.8) is 0 Å². The molecule has 2 aromatic rings. The smallest absolute Gasteiger partial charge is 0.258 e. The predicted octanol–water partition coefficient (Wildman–Crippen LogP) is 4.11. The molecule has 6 heteroatoms. The van der Waals surface area contributed by atoms with Gasteiger partial charge >= 0.3 is 0 Å². The Morgan fingerprint density at radius 1 is 1.47 bits per heavy atom. The lowest BCUT2D eigenvalue weighted by molar-refractivity contribution is -0.383. The third-order valence-electron chi connectivity index (χ3n) is 2.69. The largest absolute Gasteiger partial charge is 0.278 e. The van der Waals surface area contributed by atoms with Crippen LogP contribution in [0.25, 0.3) is 10.9 Å². The summed E-state index contributed by atoms with van der Waals surface area (Å²) in [5.41, 5.74) is 0.779. The van der Waals surface area contributed by atoms with Crippen LogP contribution in [0.3, 0.4) is 0 Å². The summed E-state index contributed by atoms with van der Waals surface area (Å²) in [6, 6.07) is 6.75. The van der Waals surface area contributed by atoms with Gasteiger partial charge in [0.25, 0.3) is 5.69 Å². The topological polar surface area (TPSA) is 56.0 Å². The van der Waals surface area contributed by atoms with Crippen LogP contribution in [-0.4, -0.2) is 21.5 Å². The maximum absolute atomic E-state index is 11.0. The lowest BCUT2D eigenvalue weighted by atomic mass is 10.2. The van der Waals surface area contributed by atoms with Gasteiger partial charge < -0.3 is 0 Å². The molecule has 0 bridgehead atoms. The molecule has 0 saturated heterocycles. The monoisotopic (exact) mass is 296 g/mol. The molecule has 0 aliphatic carbocycles. The quantitative estimate of drug-likeness (QED) is 0.360. The summed E-state index contributed by atoms with van der Waals surface area (Å²) >= 11 is 7.42. The van der Waals surface area contributed by atoms with Crippen molar-refractivity contribution in [2.75, 3.05) is 11.6 Å². The molecule has 0 amide bonds. The number of nitro benzene ring substituents is 1. The zero-order valence-electron chi connectivity index (χ0n) is 10.4. The van der Waals surface area contributed by atoms with Gasteiger partial charge in [-0.05, 0) is 24.1 Å². The van der Waals surface area contributed by atoms with Crippen LogP contribution in [0.5, 0.6) is 0 Å². The molecule has 0 spiro atoms. The first kappa shape index (κ1) is 14.1. The fourth-order valence-corrected chi connectivity index (χ4v) is 2.97. The minimum atomic E-state index is -0.375. The first-order valence-electron chi connectivity index (χ1n) is 5.84. The van der Waals surface area contributed by atoms with Crippen LogP contribution in [-0.2, 0) is 0 Å². The maximum atomic E-state index is 11.0. The van der Waals surface area contributed by atoms with E-state index < -0.39 is 0 Å². The summed E-state index contributed by atoms with van der Waals surface area (Å²) in [5.74, 6) is 1.86. The van der Waals surface area contributed by atoms with Gasteiger partial charge in [-0.1, -0.05) is 6.92 Å². The third-order valence-corrected chi connectivity index (χ3v) is 4.60. The second kappa shape index (κ2) is 6.21. The fourth-order valence-electron chi connectivity index (χ4n) is 1.68. The average molecular weight is 297 g/mol. The Morgan fingerprint density at radius 2 is 2.26 bits per heavy atom. The van der Waals surface area contributed by atoms with Gasteiger partial charge in [-0.2, -0.15) is 0 Å². The summed E-state index contributed by atoms with van der Waals surface area (Å²) < 4.78 is 0. The van der Waals surface area contributed by atoms with E-state index in [2.05, 4.69) is 11.9 Å². The molecule has 0 radical (unpaired) electrons. The standard InChI is InChI=1S/C13H13ClN2O2S/c1-9(7-14)8-19-12-5-4-11(16(17)18)10-3-2-6-15-13(10)12/h2-6,9H,7-8H2,1H3. The number of nitro groups is 1. The Labute approximate surface area is 120 Å². The number of halogens is 1. The average Bonchev–Trinajstić information content (AvgIpc) is 2.43. The molecule has 0 aliphatic rings. The van der Waals surface area contributed by atoms with Crippen molar-refractivity contribution in [3.8, 4) is 0 Å². The van der Waals surface area contributed by atoms with Gasteiger partial charge in [0.05, 0.1) is 15.8 Å². The Bertz CT molecular complexity index is 606. The number of pyridine rings is 1. The van der Waals surface area contributed by atoms with Crippen LogP contribution in [0.15, 0.2) is 35.4 Å². The van der Waals surface area contributed by atoms with Crippen molar-refractivity contribution < 1.29 is 4.92 Å². The number of hydrogen-bond donors (Lipinski definition) is 0. The van der Waals surface area contributed by atoms with Crippen molar-refractivity contribution in [2.45, 2.75) is 11.8 Å². The maximum Gasteiger partial charge on any atom is 0.278 e. The molecule has 1 unspecified atom stereocenters. The van der Waals surface area contributed by atoms with Crippen LogP contribution in [0, 0.1) is 16.0 Å². The van der Waals surface area contributed by atoms with Gasteiger partial charge in [0.2, 0.25) is 0 Å². The highest BCUT2D eigenvalue weighted by molar-refractivity contribution is 7.99. The molecule has 1 atom stereocenters. The summed E-state index contributed by atoms with van der Waals surface area (Å²) in [7, 11) is 0. The van der Waals surface area contributed by atoms with E-state index in [1.165, 1.54) is 6.07 Å². The highest BCUT2D eigenvalue weighted by Crippen LogP contribution is 2.33. The van der Waals surface area contributed by atoms with Crippen LogP contribution in [0.4, 0.5) is 5.69 Å². The lowest BCUT2D eigenvalue weighted by Crippen LogP contribution is -1.99. The van der Waals surface area contributed by atoms with Crippen molar-refractivity contribution >= 4 is 40.0 Å². The Hall–Kier alpha value is -1.33. The molecular formula is C13H13ClN2O2S. The molecule has 1 aromatic carbocycles. The number of rotatable bonds is 5. The first-order chi connectivity index (χ1) is 9.13. The zero-order chi connectivity index (χ0) is 13.8. The van der Waals surface area contributed by atoms with Gasteiger partial charge in [-0.15, -0.1) is 23.4 Å². The zero-order valence-corrected chi connectivity index (χ0v) is 11.9.